The second kappa shape index (κ2) is 13.2. The first-order chi connectivity index (χ1) is 28.1. The fraction of sp³-hybridized carbons (Fsp3) is 0.0385. The highest BCUT2D eigenvalue weighted by Crippen LogP contribution is 2.46. The predicted molar refractivity (Wildman–Crippen MR) is 238 cm³/mol. The number of para-hydroxylation sites is 2. The van der Waals surface area contributed by atoms with Gasteiger partial charge in [0.05, 0.1) is 11.4 Å². The van der Waals surface area contributed by atoms with Gasteiger partial charge in [0.25, 0.3) is 6.71 Å². The van der Waals surface area contributed by atoms with Crippen LogP contribution in [0.5, 0.6) is 23.0 Å². The van der Waals surface area contributed by atoms with Crippen LogP contribution in [0.15, 0.2) is 188 Å². The molecule has 0 spiro atoms. The van der Waals surface area contributed by atoms with E-state index >= 15 is 0 Å². The van der Waals surface area contributed by atoms with Gasteiger partial charge >= 0.3 is 0 Å². The minimum Gasteiger partial charge on any atom is -0.458 e. The number of anilines is 6. The third-order valence-corrected chi connectivity index (χ3v) is 11.5. The van der Waals surface area contributed by atoms with Crippen molar-refractivity contribution in [3.05, 3.63) is 199 Å². The molecule has 2 aliphatic heterocycles. The van der Waals surface area contributed by atoms with Crippen LogP contribution < -0.4 is 35.7 Å². The molecule has 0 bridgehead atoms. The summed E-state index contributed by atoms with van der Waals surface area (Å²) in [6.45, 7) is 4.12. The van der Waals surface area contributed by atoms with Crippen molar-refractivity contribution in [3.63, 3.8) is 0 Å². The summed E-state index contributed by atoms with van der Waals surface area (Å²) >= 11 is 0. The number of aryl methyl sites for hydroxylation is 2. The van der Waals surface area contributed by atoms with E-state index in [2.05, 4.69) is 206 Å². The summed E-state index contributed by atoms with van der Waals surface area (Å²) in [7, 11) is 0. The van der Waals surface area contributed by atoms with Gasteiger partial charge in [-0.2, -0.15) is 0 Å². The van der Waals surface area contributed by atoms with E-state index in [4.69, 9.17) is 9.47 Å². The van der Waals surface area contributed by atoms with Gasteiger partial charge in [-0.05, 0) is 96.2 Å². The molecule has 0 atom stereocenters. The zero-order chi connectivity index (χ0) is 38.0. The first-order valence-electron chi connectivity index (χ1n) is 19.5. The zero-order valence-corrected chi connectivity index (χ0v) is 31.7. The van der Waals surface area contributed by atoms with E-state index in [0.29, 0.717) is 0 Å². The number of nitrogens with zero attached hydrogens (tertiary/aromatic N) is 2. The van der Waals surface area contributed by atoms with Crippen LogP contribution in [0.1, 0.15) is 11.1 Å². The first-order valence-corrected chi connectivity index (χ1v) is 19.5. The lowest BCUT2D eigenvalue weighted by atomic mass is 9.33. The first kappa shape index (κ1) is 33.1. The second-order valence-corrected chi connectivity index (χ2v) is 15.0. The summed E-state index contributed by atoms with van der Waals surface area (Å²) in [6, 6.07) is 67.0. The molecule has 0 aliphatic carbocycles. The number of hydrogen-bond acceptors (Lipinski definition) is 4. The Kier molecular flexibility index (Phi) is 7.68. The van der Waals surface area contributed by atoms with Gasteiger partial charge in [-0.3, -0.25) is 0 Å². The van der Waals surface area contributed by atoms with Crippen LogP contribution in [0.25, 0.3) is 21.5 Å². The molecule has 270 valence electrons. The van der Waals surface area contributed by atoms with E-state index in [1.54, 1.807) is 0 Å². The molecule has 0 N–H and O–H groups in total. The normalized spacial score (nSPS) is 12.3. The summed E-state index contributed by atoms with van der Waals surface area (Å²) in [5.74, 6) is 3.32. The highest BCUT2D eigenvalue weighted by molar-refractivity contribution is 7.01. The molecule has 0 amide bonds. The quantitative estimate of drug-likeness (QED) is 0.159. The van der Waals surface area contributed by atoms with Gasteiger partial charge in [-0.1, -0.05) is 126 Å². The average molecular weight is 733 g/mol. The standard InChI is InChI=1S/C52H37BN2O2/c1-34-24-28-38(29-25-34)54(36-14-5-3-6-15-36)44-32-48-50(42-20-11-9-18-40(42)44)53-51-43-21-12-10-19-41(43)45(33-49(51)57-47-23-13-22-46(56-48)52(47)53)55(37-16-7-4-8-17-37)39-30-26-35(2)27-31-39/h3-33H,1-2H3. The van der Waals surface area contributed by atoms with E-state index in [9.17, 15) is 0 Å². The van der Waals surface area contributed by atoms with Crippen molar-refractivity contribution in [2.24, 2.45) is 0 Å². The molecule has 2 aliphatic rings. The highest BCUT2D eigenvalue weighted by Gasteiger charge is 2.43. The summed E-state index contributed by atoms with van der Waals surface area (Å²) in [6.07, 6.45) is 0. The number of rotatable bonds is 6. The summed E-state index contributed by atoms with van der Waals surface area (Å²) in [5, 5.41) is 4.59. The van der Waals surface area contributed by atoms with E-state index in [1.807, 2.05) is 6.07 Å². The van der Waals surface area contributed by atoms with Crippen molar-refractivity contribution >= 4 is 78.8 Å². The van der Waals surface area contributed by atoms with Crippen molar-refractivity contribution in [3.8, 4) is 23.0 Å². The Hall–Kier alpha value is -7.24. The van der Waals surface area contributed by atoms with Gasteiger partial charge in [0.2, 0.25) is 0 Å². The highest BCUT2D eigenvalue weighted by atomic mass is 16.5. The van der Waals surface area contributed by atoms with Crippen LogP contribution in [0.4, 0.5) is 34.1 Å². The molecule has 0 saturated heterocycles. The third kappa shape index (κ3) is 5.38. The van der Waals surface area contributed by atoms with Gasteiger partial charge in [0.1, 0.15) is 23.0 Å². The van der Waals surface area contributed by atoms with Crippen molar-refractivity contribution in [1.29, 1.82) is 0 Å². The number of fused-ring (bicyclic) bond motifs is 8. The van der Waals surface area contributed by atoms with Gasteiger partial charge in [0, 0.05) is 51.1 Å². The smallest absolute Gasteiger partial charge is 0.262 e. The Morgan fingerprint density at radius 1 is 0.333 bits per heavy atom. The summed E-state index contributed by atoms with van der Waals surface area (Å²) < 4.78 is 14.0. The molecule has 57 heavy (non-hydrogen) atoms. The fourth-order valence-electron chi connectivity index (χ4n) is 8.89. The molecular weight excluding hydrogens is 695 g/mol. The Bertz CT molecular complexity index is 2780. The topological polar surface area (TPSA) is 24.9 Å². The van der Waals surface area contributed by atoms with Crippen LogP contribution in [-0.2, 0) is 0 Å². The lowest BCUT2D eigenvalue weighted by molar-refractivity contribution is 0.465. The number of benzene rings is 9. The van der Waals surface area contributed by atoms with Crippen LogP contribution >= 0.6 is 0 Å². The third-order valence-electron chi connectivity index (χ3n) is 11.5. The summed E-state index contributed by atoms with van der Waals surface area (Å²) in [5.41, 5.74) is 12.2. The second-order valence-electron chi connectivity index (χ2n) is 15.0. The Labute approximate surface area is 332 Å². The van der Waals surface area contributed by atoms with Crippen LogP contribution in [0.2, 0.25) is 0 Å². The molecule has 0 radical (unpaired) electrons. The molecule has 0 saturated carbocycles. The van der Waals surface area contributed by atoms with Gasteiger partial charge in [-0.25, -0.2) is 0 Å². The average Bonchev–Trinajstić information content (AvgIpc) is 3.26. The zero-order valence-electron chi connectivity index (χ0n) is 31.7. The van der Waals surface area contributed by atoms with Crippen LogP contribution in [0.3, 0.4) is 0 Å². The molecule has 0 unspecified atom stereocenters. The largest absolute Gasteiger partial charge is 0.458 e. The van der Waals surface area contributed by atoms with E-state index in [1.165, 1.54) is 11.1 Å². The van der Waals surface area contributed by atoms with Crippen LogP contribution in [0, 0.1) is 13.8 Å². The summed E-state index contributed by atoms with van der Waals surface area (Å²) in [4.78, 5) is 4.69. The van der Waals surface area contributed by atoms with Gasteiger partial charge < -0.3 is 19.3 Å². The van der Waals surface area contributed by atoms with Crippen molar-refractivity contribution in [1.82, 2.24) is 0 Å². The molecule has 0 fully saturated rings. The van der Waals surface area contributed by atoms with Crippen LogP contribution in [-0.4, -0.2) is 6.71 Å². The SMILES string of the molecule is Cc1ccc(N(c2ccccc2)c2cc3c(c4ccccc24)B2c4c(cccc4Oc4cc(N(c5ccccc5)c5ccc(C)cc5)c5ccccc5c42)O3)cc1. The monoisotopic (exact) mass is 732 g/mol. The predicted octanol–water partition coefficient (Wildman–Crippen LogP) is 12.3. The lowest BCUT2D eigenvalue weighted by Gasteiger charge is -2.37. The van der Waals surface area contributed by atoms with Gasteiger partial charge in [-0.15, -0.1) is 0 Å². The van der Waals surface area contributed by atoms with E-state index < -0.39 is 0 Å². The molecule has 9 aromatic carbocycles. The molecule has 5 heteroatoms. The molecule has 2 heterocycles. The number of ether oxygens (including phenoxy) is 2. The molecular formula is C52H37BN2O2. The van der Waals surface area contributed by atoms with Gasteiger partial charge in [0.15, 0.2) is 0 Å². The number of hydrogen-bond donors (Lipinski definition) is 0. The van der Waals surface area contributed by atoms with Crippen molar-refractivity contribution < 1.29 is 9.47 Å². The molecule has 11 rings (SSSR count). The maximum atomic E-state index is 7.01. The molecule has 9 aromatic rings. The molecule has 0 aromatic heterocycles. The fourth-order valence-corrected chi connectivity index (χ4v) is 8.89. The Balaban J connectivity index is 1.18. The lowest BCUT2D eigenvalue weighted by Crippen LogP contribution is -2.58. The minimum atomic E-state index is -0.143. The Morgan fingerprint density at radius 2 is 0.702 bits per heavy atom. The van der Waals surface area contributed by atoms with Crippen molar-refractivity contribution in [2.45, 2.75) is 13.8 Å². The molecule has 4 nitrogen and oxygen atoms in total. The Morgan fingerprint density at radius 3 is 1.12 bits per heavy atom. The van der Waals surface area contributed by atoms with E-state index in [-0.39, 0.29) is 6.71 Å². The minimum absolute atomic E-state index is 0.143. The van der Waals surface area contributed by atoms with Crippen molar-refractivity contribution in [2.75, 3.05) is 9.80 Å². The maximum absolute atomic E-state index is 7.01. The van der Waals surface area contributed by atoms with E-state index in [0.717, 1.165) is 95.1 Å². The maximum Gasteiger partial charge on any atom is 0.262 e.